The Morgan fingerprint density at radius 3 is 2.44 bits per heavy atom. The summed E-state index contributed by atoms with van der Waals surface area (Å²) in [5.41, 5.74) is -0.147. The average Bonchev–Trinajstić information content (AvgIpc) is 2.07. The number of ketones is 1. The summed E-state index contributed by atoms with van der Waals surface area (Å²) in [6.45, 7) is 1.16. The Labute approximate surface area is 108 Å². The zero-order valence-electron chi connectivity index (χ0n) is 7.86. The van der Waals surface area contributed by atoms with Gasteiger partial charge in [-0.05, 0) is 35.6 Å². The van der Waals surface area contributed by atoms with Gasteiger partial charge in [0.2, 0.25) is 0 Å². The van der Waals surface area contributed by atoms with Crippen LogP contribution < -0.4 is 4.74 Å². The molecule has 0 aliphatic carbocycles. The highest BCUT2D eigenvalue weighted by Crippen LogP contribution is 2.32. The molecule has 0 atom stereocenters. The monoisotopic (exact) mass is 364 g/mol. The van der Waals surface area contributed by atoms with Crippen LogP contribution in [0.3, 0.4) is 0 Å². The normalized spacial score (nSPS) is 11.4. The number of halogens is 5. The van der Waals surface area contributed by atoms with E-state index in [4.69, 9.17) is 11.6 Å². The molecule has 0 aliphatic heterocycles. The van der Waals surface area contributed by atoms with Crippen LogP contribution in [0.25, 0.3) is 0 Å². The Balaban J connectivity index is 3.25. The maximum Gasteiger partial charge on any atom is 0.573 e. The molecule has 7 heteroatoms. The molecule has 0 radical (unpaired) electrons. The molecule has 0 aromatic heterocycles. The third-order valence-electron chi connectivity index (χ3n) is 1.63. The molecule has 2 nitrogen and oxygen atoms in total. The van der Waals surface area contributed by atoms with Gasteiger partial charge in [-0.2, -0.15) is 0 Å². The lowest BCUT2D eigenvalue weighted by atomic mass is 10.1. The summed E-state index contributed by atoms with van der Waals surface area (Å²) < 4.78 is 40.3. The molecule has 88 valence electrons. The zero-order chi connectivity index (χ0) is 12.5. The van der Waals surface area contributed by atoms with Crippen LogP contribution in [0.2, 0.25) is 5.02 Å². The molecule has 1 rings (SSSR count). The largest absolute Gasteiger partial charge is 0.573 e. The van der Waals surface area contributed by atoms with Crippen molar-refractivity contribution in [1.29, 1.82) is 0 Å². The van der Waals surface area contributed by atoms with Crippen molar-refractivity contribution in [1.82, 2.24) is 0 Å². The summed E-state index contributed by atoms with van der Waals surface area (Å²) in [5, 5.41) is 0.102. The second kappa shape index (κ2) is 4.79. The fourth-order valence-electron chi connectivity index (χ4n) is 1.01. The van der Waals surface area contributed by atoms with Crippen molar-refractivity contribution in [2.45, 2.75) is 13.3 Å². The van der Waals surface area contributed by atoms with Gasteiger partial charge in [0.05, 0.1) is 10.6 Å². The van der Waals surface area contributed by atoms with E-state index < -0.39 is 17.9 Å². The third-order valence-corrected chi connectivity index (χ3v) is 3.15. The Kier molecular flexibility index (Phi) is 4.06. The molecule has 0 aliphatic rings. The third kappa shape index (κ3) is 3.51. The molecule has 0 N–H and O–H groups in total. The first-order valence-electron chi connectivity index (χ1n) is 3.96. The van der Waals surface area contributed by atoms with Crippen LogP contribution in [0.15, 0.2) is 12.1 Å². The molecule has 16 heavy (non-hydrogen) atoms. The van der Waals surface area contributed by atoms with Crippen LogP contribution >= 0.6 is 34.2 Å². The maximum absolute atomic E-state index is 12.0. The summed E-state index contributed by atoms with van der Waals surface area (Å²) in [4.78, 5) is 11.1. The molecule has 0 bridgehead atoms. The molecule has 0 unspecified atom stereocenters. The molecular weight excluding hydrogens is 359 g/mol. The predicted octanol–water partition coefficient (Wildman–Crippen LogP) is 4.05. The molecular formula is C9H5ClF3IO2. The topological polar surface area (TPSA) is 26.3 Å². The minimum absolute atomic E-state index is 0.102. The standard InChI is InChI=1S/C9H5ClF3IO2/c1-4(15)5-2-7(14)6(10)3-8(5)16-9(11,12)13/h2-3H,1H3. The zero-order valence-corrected chi connectivity index (χ0v) is 10.8. The summed E-state index contributed by atoms with van der Waals surface area (Å²) in [7, 11) is 0. The van der Waals surface area contributed by atoms with Crippen LogP contribution in [0.1, 0.15) is 17.3 Å². The van der Waals surface area contributed by atoms with Gasteiger partial charge in [-0.25, -0.2) is 0 Å². The minimum Gasteiger partial charge on any atom is -0.405 e. The highest BCUT2D eigenvalue weighted by molar-refractivity contribution is 14.1. The minimum atomic E-state index is -4.85. The fourth-order valence-corrected chi connectivity index (χ4v) is 1.63. The first kappa shape index (κ1) is 13.6. The van der Waals surface area contributed by atoms with Gasteiger partial charge in [0, 0.05) is 9.64 Å². The first-order valence-corrected chi connectivity index (χ1v) is 5.42. The van der Waals surface area contributed by atoms with E-state index in [1.165, 1.54) is 6.07 Å². The number of carbonyl (C=O) groups excluding carboxylic acids is 1. The van der Waals surface area contributed by atoms with E-state index in [9.17, 15) is 18.0 Å². The Hall–Kier alpha value is -0.500. The van der Waals surface area contributed by atoms with Crippen molar-refractivity contribution in [3.05, 3.63) is 26.3 Å². The molecule has 0 heterocycles. The van der Waals surface area contributed by atoms with Crippen molar-refractivity contribution in [3.8, 4) is 5.75 Å². The maximum atomic E-state index is 12.0. The lowest BCUT2D eigenvalue weighted by Gasteiger charge is -2.12. The first-order chi connectivity index (χ1) is 7.20. The number of benzene rings is 1. The van der Waals surface area contributed by atoms with E-state index in [0.29, 0.717) is 3.57 Å². The Bertz CT molecular complexity index is 431. The van der Waals surface area contributed by atoms with Crippen molar-refractivity contribution < 1.29 is 22.7 Å². The lowest BCUT2D eigenvalue weighted by molar-refractivity contribution is -0.274. The van der Waals surface area contributed by atoms with Crippen LogP contribution in [0.4, 0.5) is 13.2 Å². The summed E-state index contributed by atoms with van der Waals surface area (Å²) >= 11 is 7.47. The van der Waals surface area contributed by atoms with Gasteiger partial charge < -0.3 is 4.74 Å². The van der Waals surface area contributed by atoms with E-state index in [2.05, 4.69) is 4.74 Å². The number of Topliss-reactive ketones (excluding diaryl/α,β-unsaturated/α-hetero) is 1. The van der Waals surface area contributed by atoms with Crippen LogP contribution in [0, 0.1) is 3.57 Å². The predicted molar refractivity (Wildman–Crippen MR) is 60.9 cm³/mol. The molecule has 1 aromatic rings. The number of ether oxygens (including phenoxy) is 1. The van der Waals surface area contributed by atoms with E-state index in [1.807, 2.05) is 22.6 Å². The van der Waals surface area contributed by atoms with Gasteiger partial charge in [-0.3, -0.25) is 4.79 Å². The fraction of sp³-hybridized carbons (Fsp3) is 0.222. The molecule has 0 saturated carbocycles. The van der Waals surface area contributed by atoms with Gasteiger partial charge in [-0.15, -0.1) is 13.2 Å². The van der Waals surface area contributed by atoms with Gasteiger partial charge in [-0.1, -0.05) is 11.6 Å². The smallest absolute Gasteiger partial charge is 0.405 e. The van der Waals surface area contributed by atoms with E-state index in [1.54, 1.807) is 0 Å². The van der Waals surface area contributed by atoms with Crippen LogP contribution in [0.5, 0.6) is 5.75 Å². The van der Waals surface area contributed by atoms with E-state index >= 15 is 0 Å². The number of hydrogen-bond donors (Lipinski definition) is 0. The number of rotatable bonds is 2. The Morgan fingerprint density at radius 1 is 1.44 bits per heavy atom. The number of alkyl halides is 3. The van der Waals surface area contributed by atoms with E-state index in [0.717, 1.165) is 13.0 Å². The summed E-state index contributed by atoms with van der Waals surface area (Å²) in [6, 6.07) is 2.24. The lowest BCUT2D eigenvalue weighted by Crippen LogP contribution is -2.18. The summed E-state index contributed by atoms with van der Waals surface area (Å²) in [6.07, 6.45) is -4.85. The molecule has 0 fully saturated rings. The molecule has 1 aromatic carbocycles. The van der Waals surface area contributed by atoms with Gasteiger partial charge in [0.1, 0.15) is 5.75 Å². The van der Waals surface area contributed by atoms with Gasteiger partial charge >= 0.3 is 6.36 Å². The van der Waals surface area contributed by atoms with Gasteiger partial charge in [0.15, 0.2) is 5.78 Å². The molecule has 0 spiro atoms. The highest BCUT2D eigenvalue weighted by Gasteiger charge is 2.33. The average molecular weight is 364 g/mol. The van der Waals surface area contributed by atoms with Crippen molar-refractivity contribution in [2.24, 2.45) is 0 Å². The van der Waals surface area contributed by atoms with Crippen molar-refractivity contribution in [2.75, 3.05) is 0 Å². The van der Waals surface area contributed by atoms with Crippen LogP contribution in [-0.4, -0.2) is 12.1 Å². The van der Waals surface area contributed by atoms with Crippen molar-refractivity contribution in [3.63, 3.8) is 0 Å². The Morgan fingerprint density at radius 2 is 2.00 bits per heavy atom. The molecule has 0 amide bonds. The SMILES string of the molecule is CC(=O)c1cc(I)c(Cl)cc1OC(F)(F)F. The quantitative estimate of drug-likeness (QED) is 0.585. The second-order valence-corrected chi connectivity index (χ2v) is 4.44. The second-order valence-electron chi connectivity index (χ2n) is 2.87. The number of carbonyl (C=O) groups is 1. The van der Waals surface area contributed by atoms with Crippen molar-refractivity contribution >= 4 is 40.0 Å². The van der Waals surface area contributed by atoms with E-state index in [-0.39, 0.29) is 10.6 Å². The van der Waals surface area contributed by atoms with Crippen LogP contribution in [-0.2, 0) is 0 Å². The molecule has 0 saturated heterocycles. The number of hydrogen-bond acceptors (Lipinski definition) is 2. The van der Waals surface area contributed by atoms with Gasteiger partial charge in [0.25, 0.3) is 0 Å². The highest BCUT2D eigenvalue weighted by atomic mass is 127. The summed E-state index contributed by atoms with van der Waals surface area (Å²) in [5.74, 6) is -1.10.